The second-order valence-corrected chi connectivity index (χ2v) is 13.5. The third kappa shape index (κ3) is 9.32. The predicted octanol–water partition coefficient (Wildman–Crippen LogP) is 3.32. The maximum absolute atomic E-state index is 14.5. The van der Waals surface area contributed by atoms with E-state index in [1.165, 1.54) is 0 Å². The number of nitrogens with one attached hydrogen (secondary N) is 2. The normalized spacial score (nSPS) is 15.3. The SMILES string of the molecule is CCN(CC)CCCS(=O)(=O)C(CCc1ccccc1)(CC(C)C)[C@H](C(=O)NO)[C@@H](CC(C)C)C(=O)NN. The van der Waals surface area contributed by atoms with Crippen LogP contribution in [0.5, 0.6) is 0 Å². The number of carbonyl (C=O) groups excluding carboxylic acids is 2. The van der Waals surface area contributed by atoms with Crippen LogP contribution in [0.2, 0.25) is 0 Å². The number of aryl methyl sites for hydroxylation is 1. The van der Waals surface area contributed by atoms with Crippen molar-refractivity contribution in [2.24, 2.45) is 29.5 Å². The number of nitrogens with zero attached hydrogens (tertiary/aromatic N) is 1. The van der Waals surface area contributed by atoms with Gasteiger partial charge in [0.15, 0.2) is 9.84 Å². The fourth-order valence-electron chi connectivity index (χ4n) is 5.64. The number of rotatable bonds is 18. The molecule has 1 rings (SSSR count). The standard InChI is InChI=1S/C28H50N4O5S/c1-7-32(8-2)17-12-18-38(36,37)28(20-22(5)6,16-15-23-13-10-9-11-14-23)25(27(34)31-35)24(19-21(3)4)26(33)30-29/h9-11,13-14,21-22,24-25,35H,7-8,12,15-20,29H2,1-6H3,(H,30,33)(H,31,34)/t24-,25+,28?/m1/s1. The summed E-state index contributed by atoms with van der Waals surface area (Å²) >= 11 is 0. The summed E-state index contributed by atoms with van der Waals surface area (Å²) in [4.78, 5) is 28.7. The molecule has 0 aliphatic carbocycles. The van der Waals surface area contributed by atoms with Crippen LogP contribution in [-0.2, 0) is 25.8 Å². The van der Waals surface area contributed by atoms with Crippen molar-refractivity contribution in [3.05, 3.63) is 35.9 Å². The predicted molar refractivity (Wildman–Crippen MR) is 152 cm³/mol. The van der Waals surface area contributed by atoms with E-state index in [9.17, 15) is 23.2 Å². The van der Waals surface area contributed by atoms with Crippen molar-refractivity contribution in [2.75, 3.05) is 25.4 Å². The molecule has 10 heteroatoms. The van der Waals surface area contributed by atoms with Crippen molar-refractivity contribution in [3.63, 3.8) is 0 Å². The van der Waals surface area contributed by atoms with Gasteiger partial charge in [-0.25, -0.2) is 19.7 Å². The van der Waals surface area contributed by atoms with Crippen LogP contribution < -0.4 is 16.7 Å². The highest BCUT2D eigenvalue weighted by atomic mass is 32.2. The Bertz CT molecular complexity index is 951. The summed E-state index contributed by atoms with van der Waals surface area (Å²) in [5.41, 5.74) is 4.79. The van der Waals surface area contributed by atoms with Crippen LogP contribution in [-0.4, -0.2) is 60.5 Å². The fraction of sp³-hybridized carbons (Fsp3) is 0.714. The van der Waals surface area contributed by atoms with Gasteiger partial charge in [0.1, 0.15) is 0 Å². The van der Waals surface area contributed by atoms with Gasteiger partial charge in [0.05, 0.1) is 22.3 Å². The summed E-state index contributed by atoms with van der Waals surface area (Å²) in [6, 6.07) is 9.51. The quantitative estimate of drug-likeness (QED) is 0.0944. The van der Waals surface area contributed by atoms with E-state index in [1.807, 2.05) is 71.9 Å². The molecule has 1 aromatic rings. The smallest absolute Gasteiger partial charge is 0.248 e. The van der Waals surface area contributed by atoms with Crippen LogP contribution in [0.3, 0.4) is 0 Å². The average Bonchev–Trinajstić information content (AvgIpc) is 2.88. The first kappa shape index (κ1) is 34.0. The van der Waals surface area contributed by atoms with Gasteiger partial charge in [-0.15, -0.1) is 0 Å². The number of nitrogens with two attached hydrogens (primary N) is 1. The molecular weight excluding hydrogens is 504 g/mol. The van der Waals surface area contributed by atoms with Gasteiger partial charge in [-0.1, -0.05) is 71.9 Å². The molecular formula is C28H50N4O5S. The van der Waals surface area contributed by atoms with Gasteiger partial charge in [-0.05, 0) is 69.1 Å². The largest absolute Gasteiger partial charge is 0.304 e. The van der Waals surface area contributed by atoms with Crippen molar-refractivity contribution in [1.82, 2.24) is 15.8 Å². The zero-order chi connectivity index (χ0) is 28.9. The summed E-state index contributed by atoms with van der Waals surface area (Å²) in [7, 11) is -3.96. The molecule has 218 valence electrons. The summed E-state index contributed by atoms with van der Waals surface area (Å²) in [5.74, 6) is 1.43. The van der Waals surface area contributed by atoms with Crippen molar-refractivity contribution < 1.29 is 23.2 Å². The number of hydroxylamine groups is 1. The van der Waals surface area contributed by atoms with Crippen molar-refractivity contribution >= 4 is 21.7 Å². The lowest BCUT2D eigenvalue weighted by Crippen LogP contribution is -2.59. The monoisotopic (exact) mass is 554 g/mol. The molecule has 38 heavy (non-hydrogen) atoms. The number of sulfone groups is 1. The Labute approximate surface area is 229 Å². The van der Waals surface area contributed by atoms with E-state index in [-0.39, 0.29) is 36.9 Å². The molecule has 0 saturated heterocycles. The molecule has 0 aromatic heterocycles. The Morgan fingerprint density at radius 1 is 1.03 bits per heavy atom. The first-order chi connectivity index (χ1) is 17.9. The van der Waals surface area contributed by atoms with Crippen LogP contribution in [0.4, 0.5) is 0 Å². The van der Waals surface area contributed by atoms with Gasteiger partial charge >= 0.3 is 0 Å². The molecule has 9 nitrogen and oxygen atoms in total. The lowest BCUT2D eigenvalue weighted by atomic mass is 9.71. The highest BCUT2D eigenvalue weighted by Gasteiger charge is 2.56. The van der Waals surface area contributed by atoms with Crippen molar-refractivity contribution in [3.8, 4) is 0 Å². The molecule has 0 bridgehead atoms. The van der Waals surface area contributed by atoms with E-state index in [2.05, 4.69) is 10.3 Å². The number of hydrogen-bond donors (Lipinski definition) is 4. The summed E-state index contributed by atoms with van der Waals surface area (Å²) in [6.45, 7) is 13.9. The molecule has 0 spiro atoms. The Morgan fingerprint density at radius 2 is 1.63 bits per heavy atom. The van der Waals surface area contributed by atoms with Crippen molar-refractivity contribution in [2.45, 2.75) is 78.4 Å². The Balaban J connectivity index is 3.81. The second kappa shape index (κ2) is 16.2. The third-order valence-electron chi connectivity index (χ3n) is 7.40. The maximum Gasteiger partial charge on any atom is 0.248 e. The highest BCUT2D eigenvalue weighted by molar-refractivity contribution is 7.92. The maximum atomic E-state index is 14.5. The molecule has 1 unspecified atom stereocenters. The van der Waals surface area contributed by atoms with Gasteiger partial charge in [-0.2, -0.15) is 0 Å². The number of amides is 2. The lowest BCUT2D eigenvalue weighted by Gasteiger charge is -2.44. The minimum atomic E-state index is -3.96. The van der Waals surface area contributed by atoms with E-state index in [1.54, 1.807) is 5.48 Å². The zero-order valence-electron chi connectivity index (χ0n) is 24.1. The van der Waals surface area contributed by atoms with Crippen LogP contribution >= 0.6 is 0 Å². The van der Waals surface area contributed by atoms with E-state index in [4.69, 9.17) is 5.84 Å². The Morgan fingerprint density at radius 3 is 2.11 bits per heavy atom. The number of hydrazine groups is 1. The van der Waals surface area contributed by atoms with Gasteiger partial charge in [0.25, 0.3) is 0 Å². The highest BCUT2D eigenvalue weighted by Crippen LogP contribution is 2.44. The summed E-state index contributed by atoms with van der Waals surface area (Å²) in [5, 5.41) is 9.84. The first-order valence-electron chi connectivity index (χ1n) is 13.8. The fourth-order valence-corrected chi connectivity index (χ4v) is 8.21. The van der Waals surface area contributed by atoms with Crippen LogP contribution in [0.1, 0.15) is 72.8 Å². The summed E-state index contributed by atoms with van der Waals surface area (Å²) < 4.78 is 27.4. The minimum Gasteiger partial charge on any atom is -0.304 e. The van der Waals surface area contributed by atoms with Crippen LogP contribution in [0, 0.1) is 23.7 Å². The number of carbonyl (C=O) groups is 2. The molecule has 5 N–H and O–H groups in total. The second-order valence-electron chi connectivity index (χ2n) is 11.0. The summed E-state index contributed by atoms with van der Waals surface area (Å²) in [6.07, 6.45) is 1.34. The number of benzene rings is 1. The molecule has 0 radical (unpaired) electrons. The van der Waals surface area contributed by atoms with E-state index in [0.29, 0.717) is 19.4 Å². The van der Waals surface area contributed by atoms with Crippen LogP contribution in [0.15, 0.2) is 30.3 Å². The molecule has 0 aliphatic heterocycles. The minimum absolute atomic E-state index is 0.0254. The van der Waals surface area contributed by atoms with Gasteiger partial charge in [-0.3, -0.25) is 20.2 Å². The molecule has 0 saturated carbocycles. The Kier molecular flexibility index (Phi) is 14.5. The van der Waals surface area contributed by atoms with Crippen LogP contribution in [0.25, 0.3) is 0 Å². The molecule has 3 atom stereocenters. The molecule has 0 fully saturated rings. The van der Waals surface area contributed by atoms with Gasteiger partial charge < -0.3 is 4.90 Å². The van der Waals surface area contributed by atoms with E-state index >= 15 is 0 Å². The van der Waals surface area contributed by atoms with Gasteiger partial charge in [0.2, 0.25) is 11.8 Å². The third-order valence-corrected chi connectivity index (χ3v) is 10.1. The molecule has 0 aliphatic rings. The van der Waals surface area contributed by atoms with Crippen molar-refractivity contribution in [1.29, 1.82) is 0 Å². The topological polar surface area (TPSA) is 142 Å². The molecule has 2 amide bonds. The molecule has 1 aromatic carbocycles. The van der Waals surface area contributed by atoms with E-state index < -0.39 is 38.2 Å². The Hall–Kier alpha value is -2.01. The lowest BCUT2D eigenvalue weighted by molar-refractivity contribution is -0.143. The molecule has 0 heterocycles. The van der Waals surface area contributed by atoms with E-state index in [0.717, 1.165) is 18.7 Å². The van der Waals surface area contributed by atoms with Gasteiger partial charge in [0, 0.05) is 0 Å². The zero-order valence-corrected chi connectivity index (χ0v) is 24.9. The average molecular weight is 555 g/mol. The number of hydrogen-bond acceptors (Lipinski definition) is 7. The first-order valence-corrected chi connectivity index (χ1v) is 15.5.